The van der Waals surface area contributed by atoms with Gasteiger partial charge in [-0.25, -0.2) is 0 Å². The molecule has 1 atom stereocenters. The molecule has 0 aromatic heterocycles. The third kappa shape index (κ3) is 5.28. The maximum atomic E-state index is 5.59. The highest BCUT2D eigenvalue weighted by molar-refractivity contribution is 4.79. The lowest BCUT2D eigenvalue weighted by Gasteiger charge is -2.33. The fourth-order valence-electron chi connectivity index (χ4n) is 2.12. The minimum Gasteiger partial charge on any atom is -0.381 e. The van der Waals surface area contributed by atoms with Gasteiger partial charge in [-0.1, -0.05) is 13.8 Å². The van der Waals surface area contributed by atoms with Crippen LogP contribution in [0.4, 0.5) is 0 Å². The largest absolute Gasteiger partial charge is 0.381 e. The predicted octanol–water partition coefficient (Wildman–Crippen LogP) is 1.77. The van der Waals surface area contributed by atoms with Crippen LogP contribution in [0.5, 0.6) is 0 Å². The van der Waals surface area contributed by atoms with E-state index in [1.807, 2.05) is 0 Å². The molecule has 96 valence electrons. The van der Waals surface area contributed by atoms with Crippen molar-refractivity contribution < 1.29 is 4.74 Å². The Morgan fingerprint density at radius 3 is 2.69 bits per heavy atom. The first kappa shape index (κ1) is 13.9. The van der Waals surface area contributed by atoms with E-state index in [9.17, 15) is 0 Å². The standard InChI is InChI=1S/C13H28N2O/c1-12(10-14)4-3-7-15-11-13(2)5-8-16-9-6-13/h12,15H,3-11,14H2,1-2H3. The molecule has 1 fully saturated rings. The van der Waals surface area contributed by atoms with Crippen LogP contribution >= 0.6 is 0 Å². The maximum absolute atomic E-state index is 5.59. The van der Waals surface area contributed by atoms with Gasteiger partial charge < -0.3 is 15.8 Å². The highest BCUT2D eigenvalue weighted by Gasteiger charge is 2.26. The van der Waals surface area contributed by atoms with Gasteiger partial charge >= 0.3 is 0 Å². The van der Waals surface area contributed by atoms with Gasteiger partial charge in [-0.05, 0) is 50.1 Å². The molecule has 0 saturated carbocycles. The van der Waals surface area contributed by atoms with E-state index < -0.39 is 0 Å². The summed E-state index contributed by atoms with van der Waals surface area (Å²) in [7, 11) is 0. The number of hydrogen-bond acceptors (Lipinski definition) is 3. The molecule has 3 N–H and O–H groups in total. The summed E-state index contributed by atoms with van der Waals surface area (Å²) in [6, 6.07) is 0. The Morgan fingerprint density at radius 2 is 2.06 bits per heavy atom. The minimum atomic E-state index is 0.456. The SMILES string of the molecule is CC(CN)CCCNCC1(C)CCOCC1. The van der Waals surface area contributed by atoms with Gasteiger partial charge in [0.2, 0.25) is 0 Å². The Kier molecular flexibility index (Phi) is 6.32. The maximum Gasteiger partial charge on any atom is 0.0471 e. The second-order valence-electron chi connectivity index (χ2n) is 5.58. The van der Waals surface area contributed by atoms with Crippen LogP contribution in [-0.4, -0.2) is 32.8 Å². The van der Waals surface area contributed by atoms with E-state index in [1.54, 1.807) is 0 Å². The molecule has 1 rings (SSSR count). The molecule has 1 unspecified atom stereocenters. The van der Waals surface area contributed by atoms with Gasteiger partial charge in [-0.15, -0.1) is 0 Å². The summed E-state index contributed by atoms with van der Waals surface area (Å²) < 4.78 is 5.40. The fraction of sp³-hybridized carbons (Fsp3) is 1.00. The Morgan fingerprint density at radius 1 is 1.38 bits per heavy atom. The normalized spacial score (nSPS) is 21.9. The van der Waals surface area contributed by atoms with Crippen molar-refractivity contribution in [2.45, 2.75) is 39.5 Å². The van der Waals surface area contributed by atoms with E-state index >= 15 is 0 Å². The van der Waals surface area contributed by atoms with E-state index in [4.69, 9.17) is 10.5 Å². The highest BCUT2D eigenvalue weighted by Crippen LogP contribution is 2.28. The van der Waals surface area contributed by atoms with Gasteiger partial charge in [0.05, 0.1) is 0 Å². The van der Waals surface area contributed by atoms with Crippen LogP contribution in [0.15, 0.2) is 0 Å². The average molecular weight is 228 g/mol. The number of ether oxygens (including phenoxy) is 1. The van der Waals surface area contributed by atoms with Crippen LogP contribution in [0.1, 0.15) is 39.5 Å². The predicted molar refractivity (Wildman–Crippen MR) is 68.5 cm³/mol. The van der Waals surface area contributed by atoms with Crippen LogP contribution in [0.25, 0.3) is 0 Å². The molecule has 0 aromatic rings. The van der Waals surface area contributed by atoms with E-state index in [-0.39, 0.29) is 0 Å². The Labute approximate surface area is 100 Å². The molecule has 0 aliphatic carbocycles. The number of nitrogens with one attached hydrogen (secondary N) is 1. The minimum absolute atomic E-state index is 0.456. The summed E-state index contributed by atoms with van der Waals surface area (Å²) in [5.74, 6) is 0.667. The Bertz CT molecular complexity index is 179. The Hall–Kier alpha value is -0.120. The second kappa shape index (κ2) is 7.25. The van der Waals surface area contributed by atoms with E-state index in [0.717, 1.165) is 32.8 Å². The summed E-state index contributed by atoms with van der Waals surface area (Å²) in [4.78, 5) is 0. The van der Waals surface area contributed by atoms with Crippen molar-refractivity contribution in [2.24, 2.45) is 17.1 Å². The third-order valence-electron chi connectivity index (χ3n) is 3.70. The topological polar surface area (TPSA) is 47.3 Å². The second-order valence-corrected chi connectivity index (χ2v) is 5.58. The number of rotatable bonds is 7. The molecule has 1 aliphatic heterocycles. The molecule has 16 heavy (non-hydrogen) atoms. The molecule has 0 amide bonds. The lowest BCUT2D eigenvalue weighted by Crippen LogP contribution is -2.37. The van der Waals surface area contributed by atoms with Crippen LogP contribution in [-0.2, 0) is 4.74 Å². The zero-order valence-electron chi connectivity index (χ0n) is 10.9. The van der Waals surface area contributed by atoms with Gasteiger partial charge in [0, 0.05) is 19.8 Å². The van der Waals surface area contributed by atoms with E-state index in [1.165, 1.54) is 25.7 Å². The number of hydrogen-bond donors (Lipinski definition) is 2. The van der Waals surface area contributed by atoms with Crippen LogP contribution < -0.4 is 11.1 Å². The van der Waals surface area contributed by atoms with Gasteiger partial charge in [0.1, 0.15) is 0 Å². The summed E-state index contributed by atoms with van der Waals surface area (Å²) in [6.07, 6.45) is 4.87. The van der Waals surface area contributed by atoms with Gasteiger partial charge in [-0.2, -0.15) is 0 Å². The summed E-state index contributed by atoms with van der Waals surface area (Å²) in [5.41, 5.74) is 6.05. The summed E-state index contributed by atoms with van der Waals surface area (Å²) >= 11 is 0. The van der Waals surface area contributed by atoms with E-state index in [2.05, 4.69) is 19.2 Å². The zero-order valence-corrected chi connectivity index (χ0v) is 10.9. The molecular formula is C13H28N2O. The molecule has 0 radical (unpaired) electrons. The average Bonchev–Trinajstić information content (AvgIpc) is 2.29. The van der Waals surface area contributed by atoms with Gasteiger partial charge in [-0.3, -0.25) is 0 Å². The smallest absolute Gasteiger partial charge is 0.0471 e. The van der Waals surface area contributed by atoms with E-state index in [0.29, 0.717) is 11.3 Å². The van der Waals surface area contributed by atoms with Crippen LogP contribution in [0.3, 0.4) is 0 Å². The molecule has 3 nitrogen and oxygen atoms in total. The molecule has 1 heterocycles. The Balaban J connectivity index is 2.01. The molecule has 0 aromatic carbocycles. The third-order valence-corrected chi connectivity index (χ3v) is 3.70. The van der Waals surface area contributed by atoms with Crippen molar-refractivity contribution in [1.82, 2.24) is 5.32 Å². The first-order chi connectivity index (χ1) is 7.66. The van der Waals surface area contributed by atoms with Crippen molar-refractivity contribution >= 4 is 0 Å². The summed E-state index contributed by atoms with van der Waals surface area (Å²) in [6.45, 7) is 9.53. The molecule has 3 heteroatoms. The fourth-order valence-corrected chi connectivity index (χ4v) is 2.12. The van der Waals surface area contributed by atoms with Crippen LogP contribution in [0, 0.1) is 11.3 Å². The monoisotopic (exact) mass is 228 g/mol. The highest BCUT2D eigenvalue weighted by atomic mass is 16.5. The van der Waals surface area contributed by atoms with Crippen molar-refractivity contribution in [3.8, 4) is 0 Å². The number of nitrogens with two attached hydrogens (primary N) is 1. The van der Waals surface area contributed by atoms with Gasteiger partial charge in [0.15, 0.2) is 0 Å². The van der Waals surface area contributed by atoms with Crippen molar-refractivity contribution in [1.29, 1.82) is 0 Å². The summed E-state index contributed by atoms with van der Waals surface area (Å²) in [5, 5.41) is 3.58. The molecule has 0 bridgehead atoms. The lowest BCUT2D eigenvalue weighted by molar-refractivity contribution is 0.0241. The molecular weight excluding hydrogens is 200 g/mol. The van der Waals surface area contributed by atoms with Crippen LogP contribution in [0.2, 0.25) is 0 Å². The van der Waals surface area contributed by atoms with Crippen molar-refractivity contribution in [3.05, 3.63) is 0 Å². The zero-order chi connectivity index (χ0) is 11.9. The molecule has 1 saturated heterocycles. The first-order valence-corrected chi connectivity index (χ1v) is 6.65. The lowest BCUT2D eigenvalue weighted by atomic mass is 9.82. The first-order valence-electron chi connectivity index (χ1n) is 6.65. The van der Waals surface area contributed by atoms with Crippen molar-refractivity contribution in [3.63, 3.8) is 0 Å². The molecule has 0 spiro atoms. The van der Waals surface area contributed by atoms with Gasteiger partial charge in [0.25, 0.3) is 0 Å². The quantitative estimate of drug-likeness (QED) is 0.653. The molecule has 1 aliphatic rings. The van der Waals surface area contributed by atoms with Crippen molar-refractivity contribution in [2.75, 3.05) is 32.8 Å².